The third-order valence-corrected chi connectivity index (χ3v) is 3.75. The monoisotopic (exact) mass is 336 g/mol. The molecule has 0 aliphatic rings. The number of carbonyl (C=O) groups excluding carboxylic acids is 1. The lowest BCUT2D eigenvalue weighted by Crippen LogP contribution is -2.18. The van der Waals surface area contributed by atoms with E-state index in [1.54, 1.807) is 29.8 Å². The summed E-state index contributed by atoms with van der Waals surface area (Å²) < 4.78 is 2.27. The highest BCUT2D eigenvalue weighted by atomic mass is 79.9. The van der Waals surface area contributed by atoms with Crippen molar-refractivity contribution in [3.05, 3.63) is 51.8 Å². The molecule has 0 radical (unpaired) electrons. The van der Waals surface area contributed by atoms with Crippen molar-refractivity contribution in [3.63, 3.8) is 0 Å². The Bertz CT molecular complexity index is 692. The van der Waals surface area contributed by atoms with Crippen LogP contribution < -0.4 is 5.32 Å². The van der Waals surface area contributed by atoms with E-state index in [4.69, 9.17) is 5.11 Å². The van der Waals surface area contributed by atoms with Gasteiger partial charge in [0.15, 0.2) is 0 Å². The van der Waals surface area contributed by atoms with Crippen LogP contribution in [-0.2, 0) is 7.05 Å². The fourth-order valence-electron chi connectivity index (χ4n) is 1.85. The van der Waals surface area contributed by atoms with E-state index in [1.807, 2.05) is 13.0 Å². The normalized spacial score (nSPS) is 10.3. The number of aromatic carboxylic acids is 1. The van der Waals surface area contributed by atoms with Crippen LogP contribution in [-0.4, -0.2) is 21.6 Å². The highest BCUT2D eigenvalue weighted by Gasteiger charge is 2.17. The number of carboxylic acid groups (broad SMARTS) is 1. The van der Waals surface area contributed by atoms with E-state index < -0.39 is 5.97 Å². The van der Waals surface area contributed by atoms with Crippen LogP contribution in [0.25, 0.3) is 0 Å². The number of nitrogens with zero attached hydrogens (tertiary/aromatic N) is 1. The number of rotatable bonds is 3. The topological polar surface area (TPSA) is 71.3 Å². The van der Waals surface area contributed by atoms with E-state index in [2.05, 4.69) is 21.2 Å². The summed E-state index contributed by atoms with van der Waals surface area (Å²) in [5.74, 6) is -1.44. The molecule has 0 saturated carbocycles. The zero-order valence-electron chi connectivity index (χ0n) is 11.0. The van der Waals surface area contributed by atoms with Gasteiger partial charge in [-0.15, -0.1) is 0 Å². The maximum atomic E-state index is 12.2. The summed E-state index contributed by atoms with van der Waals surface area (Å²) >= 11 is 3.26. The maximum Gasteiger partial charge on any atom is 0.337 e. The molecule has 0 bridgehead atoms. The Morgan fingerprint density at radius 2 is 1.95 bits per heavy atom. The molecule has 0 aliphatic heterocycles. The van der Waals surface area contributed by atoms with Crippen molar-refractivity contribution in [1.82, 2.24) is 4.57 Å². The highest BCUT2D eigenvalue weighted by molar-refractivity contribution is 9.10. The van der Waals surface area contributed by atoms with Gasteiger partial charge in [-0.2, -0.15) is 0 Å². The summed E-state index contributed by atoms with van der Waals surface area (Å²) in [6.07, 6.45) is 0. The summed E-state index contributed by atoms with van der Waals surface area (Å²) in [6, 6.07) is 8.25. The molecule has 1 heterocycles. The number of carbonyl (C=O) groups is 2. The van der Waals surface area contributed by atoms with Crippen molar-refractivity contribution in [3.8, 4) is 0 Å². The zero-order valence-corrected chi connectivity index (χ0v) is 12.6. The second kappa shape index (κ2) is 5.50. The predicted octanol–water partition coefficient (Wildman–Crippen LogP) is 3.05. The van der Waals surface area contributed by atoms with Crippen LogP contribution in [0, 0.1) is 6.92 Å². The smallest absolute Gasteiger partial charge is 0.337 e. The average molecular weight is 337 g/mol. The van der Waals surface area contributed by atoms with Gasteiger partial charge in [0.1, 0.15) is 5.69 Å². The van der Waals surface area contributed by atoms with Crippen LogP contribution in [0.5, 0.6) is 0 Å². The number of halogens is 1. The molecule has 0 fully saturated rings. The number of anilines is 1. The molecule has 0 saturated heterocycles. The van der Waals surface area contributed by atoms with Gasteiger partial charge in [-0.3, -0.25) is 4.79 Å². The van der Waals surface area contributed by atoms with Crippen molar-refractivity contribution >= 4 is 33.5 Å². The first kappa shape index (κ1) is 14.3. The molecule has 0 atom stereocenters. The molecule has 5 nitrogen and oxygen atoms in total. The van der Waals surface area contributed by atoms with Crippen LogP contribution in [0.15, 0.2) is 34.8 Å². The first-order valence-electron chi connectivity index (χ1n) is 5.87. The Labute approximate surface area is 124 Å². The van der Waals surface area contributed by atoms with Gasteiger partial charge in [-0.05, 0) is 47.1 Å². The lowest BCUT2D eigenvalue weighted by Gasteiger charge is -2.11. The quantitative estimate of drug-likeness (QED) is 0.904. The molecule has 0 spiro atoms. The Balaban J connectivity index is 2.38. The SMILES string of the molecule is Cc1ccc(C(=O)Nc2c(Br)cccc2C(=O)O)n1C. The van der Waals surface area contributed by atoms with E-state index >= 15 is 0 Å². The van der Waals surface area contributed by atoms with Gasteiger partial charge in [0.05, 0.1) is 11.3 Å². The summed E-state index contributed by atoms with van der Waals surface area (Å²) in [6.45, 7) is 1.89. The molecule has 2 N–H and O–H groups in total. The third-order valence-electron chi connectivity index (χ3n) is 3.09. The number of hydrogen-bond donors (Lipinski definition) is 2. The number of carboxylic acids is 1. The number of aromatic nitrogens is 1. The second-order valence-electron chi connectivity index (χ2n) is 4.34. The second-order valence-corrected chi connectivity index (χ2v) is 5.19. The molecular weight excluding hydrogens is 324 g/mol. The lowest BCUT2D eigenvalue weighted by atomic mass is 10.1. The van der Waals surface area contributed by atoms with Gasteiger partial charge in [-0.25, -0.2) is 4.79 Å². The first-order chi connectivity index (χ1) is 9.41. The van der Waals surface area contributed by atoms with Gasteiger partial charge in [0, 0.05) is 17.2 Å². The molecular formula is C14H13BrN2O3. The van der Waals surface area contributed by atoms with Gasteiger partial charge < -0.3 is 15.0 Å². The molecule has 2 rings (SSSR count). The van der Waals surface area contributed by atoms with Crippen molar-refractivity contribution in [2.45, 2.75) is 6.92 Å². The largest absolute Gasteiger partial charge is 0.478 e. The molecule has 6 heteroatoms. The molecule has 20 heavy (non-hydrogen) atoms. The van der Waals surface area contributed by atoms with Gasteiger partial charge >= 0.3 is 5.97 Å². The number of aryl methyl sites for hydroxylation is 1. The summed E-state index contributed by atoms with van der Waals surface area (Å²) in [5.41, 5.74) is 1.71. The average Bonchev–Trinajstić information content (AvgIpc) is 2.72. The highest BCUT2D eigenvalue weighted by Crippen LogP contribution is 2.27. The zero-order chi connectivity index (χ0) is 14.9. The Hall–Kier alpha value is -2.08. The summed E-state index contributed by atoms with van der Waals surface area (Å²) in [7, 11) is 1.78. The van der Waals surface area contributed by atoms with E-state index in [0.29, 0.717) is 10.2 Å². The number of nitrogens with one attached hydrogen (secondary N) is 1. The van der Waals surface area contributed by atoms with Crippen molar-refractivity contribution in [1.29, 1.82) is 0 Å². The Morgan fingerprint density at radius 1 is 1.25 bits per heavy atom. The van der Waals surface area contributed by atoms with Crippen LogP contribution >= 0.6 is 15.9 Å². The fourth-order valence-corrected chi connectivity index (χ4v) is 2.31. The molecule has 1 aromatic heterocycles. The minimum absolute atomic E-state index is 0.0404. The van der Waals surface area contributed by atoms with Gasteiger partial charge in [0.25, 0.3) is 5.91 Å². The van der Waals surface area contributed by atoms with E-state index in [9.17, 15) is 9.59 Å². The molecule has 1 aromatic carbocycles. The predicted molar refractivity (Wildman–Crippen MR) is 79.2 cm³/mol. The molecule has 2 aromatic rings. The minimum Gasteiger partial charge on any atom is -0.478 e. The van der Waals surface area contributed by atoms with Crippen LogP contribution in [0.1, 0.15) is 26.5 Å². The Kier molecular flexibility index (Phi) is 3.94. The molecule has 1 amide bonds. The van der Waals surface area contributed by atoms with Crippen molar-refractivity contribution in [2.75, 3.05) is 5.32 Å². The van der Waals surface area contributed by atoms with Crippen molar-refractivity contribution in [2.24, 2.45) is 7.05 Å². The fraction of sp³-hybridized carbons (Fsp3) is 0.143. The third kappa shape index (κ3) is 2.60. The number of benzene rings is 1. The summed E-state index contributed by atoms with van der Waals surface area (Å²) in [5, 5.41) is 11.8. The van der Waals surface area contributed by atoms with Gasteiger partial charge in [0.2, 0.25) is 0 Å². The van der Waals surface area contributed by atoms with Crippen molar-refractivity contribution < 1.29 is 14.7 Å². The van der Waals surface area contributed by atoms with Crippen LogP contribution in [0.3, 0.4) is 0 Å². The van der Waals surface area contributed by atoms with E-state index in [-0.39, 0.29) is 17.2 Å². The Morgan fingerprint density at radius 3 is 2.50 bits per heavy atom. The summed E-state index contributed by atoms with van der Waals surface area (Å²) in [4.78, 5) is 23.4. The minimum atomic E-state index is -1.09. The molecule has 0 unspecified atom stereocenters. The first-order valence-corrected chi connectivity index (χ1v) is 6.66. The molecule has 0 aliphatic carbocycles. The lowest BCUT2D eigenvalue weighted by molar-refractivity contribution is 0.0698. The number of para-hydroxylation sites is 1. The van der Waals surface area contributed by atoms with Crippen LogP contribution in [0.4, 0.5) is 5.69 Å². The molecule has 104 valence electrons. The standard InChI is InChI=1S/C14H13BrN2O3/c1-8-6-7-11(17(8)2)13(18)16-12-9(14(19)20)4-3-5-10(12)15/h3-7H,1-2H3,(H,16,18)(H,19,20). The van der Waals surface area contributed by atoms with E-state index in [1.165, 1.54) is 6.07 Å². The van der Waals surface area contributed by atoms with Crippen LogP contribution in [0.2, 0.25) is 0 Å². The number of amides is 1. The number of hydrogen-bond acceptors (Lipinski definition) is 2. The van der Waals surface area contributed by atoms with E-state index in [0.717, 1.165) is 5.69 Å². The maximum absolute atomic E-state index is 12.2. The van der Waals surface area contributed by atoms with Gasteiger partial charge in [-0.1, -0.05) is 6.07 Å².